The molecule has 0 spiro atoms. The summed E-state index contributed by atoms with van der Waals surface area (Å²) < 4.78 is 0. The van der Waals surface area contributed by atoms with Crippen molar-refractivity contribution in [2.24, 2.45) is 4.99 Å². The Bertz CT molecular complexity index is 312. The maximum atomic E-state index is 4.23. The lowest BCUT2D eigenvalue weighted by molar-refractivity contribution is 1.12. The summed E-state index contributed by atoms with van der Waals surface area (Å²) in [7, 11) is 0. The molecule has 0 aromatic carbocycles. The number of aliphatic imine (C=N–C) groups is 1. The molecule has 2 rings (SSSR count). The molecule has 12 heavy (non-hydrogen) atoms. The molecule has 2 heteroatoms. The van der Waals surface area contributed by atoms with Crippen molar-refractivity contribution < 1.29 is 0 Å². The van der Waals surface area contributed by atoms with E-state index in [4.69, 9.17) is 0 Å². The summed E-state index contributed by atoms with van der Waals surface area (Å²) >= 11 is 0. The van der Waals surface area contributed by atoms with Crippen LogP contribution >= 0.6 is 0 Å². The zero-order valence-electron chi connectivity index (χ0n) is 6.77. The van der Waals surface area contributed by atoms with Gasteiger partial charge in [0, 0.05) is 36.6 Å². The van der Waals surface area contributed by atoms with Gasteiger partial charge in [-0.05, 0) is 12.1 Å². The molecule has 2 heterocycles. The monoisotopic (exact) mass is 158 g/mol. The van der Waals surface area contributed by atoms with Crippen molar-refractivity contribution in [3.63, 3.8) is 0 Å². The lowest BCUT2D eigenvalue weighted by atomic mass is 10.1. The van der Waals surface area contributed by atoms with E-state index in [0.29, 0.717) is 0 Å². The smallest absolute Gasteiger partial charge is 0.0459 e. The summed E-state index contributed by atoms with van der Waals surface area (Å²) in [6.07, 6.45) is 7.61. The molecule has 1 aliphatic rings. The van der Waals surface area contributed by atoms with Crippen LogP contribution in [0.15, 0.2) is 41.7 Å². The number of aromatic nitrogens is 1. The minimum Gasteiger partial charge on any atom is -0.265 e. The van der Waals surface area contributed by atoms with Gasteiger partial charge in [-0.3, -0.25) is 9.98 Å². The normalized spacial score (nSPS) is 14.8. The lowest BCUT2D eigenvalue weighted by Gasteiger charge is -1.98. The Morgan fingerprint density at radius 3 is 3.00 bits per heavy atom. The van der Waals surface area contributed by atoms with Gasteiger partial charge in [-0.2, -0.15) is 0 Å². The topological polar surface area (TPSA) is 25.2 Å². The van der Waals surface area contributed by atoms with E-state index in [2.05, 4.69) is 16.1 Å². The Morgan fingerprint density at radius 2 is 2.33 bits per heavy atom. The zero-order valence-corrected chi connectivity index (χ0v) is 6.77. The van der Waals surface area contributed by atoms with Gasteiger partial charge in [0.15, 0.2) is 0 Å². The highest BCUT2D eigenvalue weighted by Gasteiger charge is 2.02. The van der Waals surface area contributed by atoms with Gasteiger partial charge in [-0.1, -0.05) is 12.1 Å². The van der Waals surface area contributed by atoms with Crippen LogP contribution < -0.4 is 0 Å². The van der Waals surface area contributed by atoms with Gasteiger partial charge < -0.3 is 0 Å². The number of allylic oxidation sites excluding steroid dienone is 1. The molecule has 0 bridgehead atoms. The second kappa shape index (κ2) is 3.30. The summed E-state index contributed by atoms with van der Waals surface area (Å²) in [6, 6.07) is 5.96. The van der Waals surface area contributed by atoms with Crippen molar-refractivity contribution in [1.82, 2.24) is 4.98 Å². The molecular formula is C10H10N2. The summed E-state index contributed by atoms with van der Waals surface area (Å²) in [5.74, 6) is 0. The van der Waals surface area contributed by atoms with Crippen LogP contribution in [-0.2, 0) is 6.42 Å². The van der Waals surface area contributed by atoms with Crippen molar-refractivity contribution >= 4 is 5.71 Å². The molecule has 0 unspecified atom stereocenters. The first-order valence-corrected chi connectivity index (χ1v) is 4.05. The lowest BCUT2D eigenvalue weighted by Crippen LogP contribution is -2.00. The molecule has 1 aromatic rings. The molecule has 0 amide bonds. The molecule has 2 nitrogen and oxygen atoms in total. The third-order valence-corrected chi connectivity index (χ3v) is 1.83. The van der Waals surface area contributed by atoms with Crippen molar-refractivity contribution in [3.8, 4) is 0 Å². The number of hydrogen-bond donors (Lipinski definition) is 0. The van der Waals surface area contributed by atoms with Crippen LogP contribution in [0.25, 0.3) is 0 Å². The highest BCUT2D eigenvalue weighted by atomic mass is 14.7. The summed E-state index contributed by atoms with van der Waals surface area (Å²) in [5.41, 5.74) is 2.30. The molecule has 0 aliphatic carbocycles. The average Bonchev–Trinajstić information content (AvgIpc) is 2.59. The predicted molar refractivity (Wildman–Crippen MR) is 49.1 cm³/mol. The average molecular weight is 158 g/mol. The Hall–Kier alpha value is -1.44. The van der Waals surface area contributed by atoms with Gasteiger partial charge in [0.25, 0.3) is 0 Å². The fraction of sp³-hybridized carbons (Fsp3) is 0.200. The molecule has 0 saturated heterocycles. The van der Waals surface area contributed by atoms with Crippen molar-refractivity contribution in [3.05, 3.63) is 42.4 Å². The Kier molecular flexibility index (Phi) is 1.99. The Morgan fingerprint density at radius 1 is 1.33 bits per heavy atom. The van der Waals surface area contributed by atoms with Crippen LogP contribution in [-0.4, -0.2) is 10.7 Å². The van der Waals surface area contributed by atoms with Crippen molar-refractivity contribution in [2.75, 3.05) is 0 Å². The standard InChI is InChI=1S/C10H10N2/c1-2-6-11-9(4-1)8-10-5-3-7-12-10/h1-4,6-7H,5,8H2. The fourth-order valence-corrected chi connectivity index (χ4v) is 1.23. The van der Waals surface area contributed by atoms with E-state index in [-0.39, 0.29) is 0 Å². The Labute approximate surface area is 71.7 Å². The van der Waals surface area contributed by atoms with E-state index in [9.17, 15) is 0 Å². The Balaban J connectivity index is 2.05. The minimum absolute atomic E-state index is 0.883. The van der Waals surface area contributed by atoms with E-state index in [1.165, 1.54) is 5.71 Å². The molecule has 1 aliphatic heterocycles. The molecule has 0 saturated carbocycles. The van der Waals surface area contributed by atoms with Gasteiger partial charge in [-0.15, -0.1) is 0 Å². The summed E-state index contributed by atoms with van der Waals surface area (Å²) in [5, 5.41) is 0. The van der Waals surface area contributed by atoms with Gasteiger partial charge in [0.05, 0.1) is 0 Å². The minimum atomic E-state index is 0.883. The van der Waals surface area contributed by atoms with Crippen molar-refractivity contribution in [2.45, 2.75) is 12.8 Å². The first-order chi connectivity index (χ1) is 5.95. The second-order valence-electron chi connectivity index (χ2n) is 2.78. The van der Waals surface area contributed by atoms with E-state index in [1.807, 2.05) is 30.6 Å². The maximum Gasteiger partial charge on any atom is 0.0459 e. The second-order valence-corrected chi connectivity index (χ2v) is 2.78. The van der Waals surface area contributed by atoms with E-state index < -0.39 is 0 Å². The van der Waals surface area contributed by atoms with E-state index >= 15 is 0 Å². The van der Waals surface area contributed by atoms with Crippen molar-refractivity contribution in [1.29, 1.82) is 0 Å². The maximum absolute atomic E-state index is 4.23. The van der Waals surface area contributed by atoms with Gasteiger partial charge in [0.1, 0.15) is 0 Å². The predicted octanol–water partition coefficient (Wildman–Crippen LogP) is 1.98. The molecule has 0 N–H and O–H groups in total. The van der Waals surface area contributed by atoms with Gasteiger partial charge >= 0.3 is 0 Å². The van der Waals surface area contributed by atoms with Crippen LogP contribution in [0.1, 0.15) is 12.1 Å². The largest absolute Gasteiger partial charge is 0.265 e. The first kappa shape index (κ1) is 7.22. The van der Waals surface area contributed by atoms with E-state index in [1.54, 1.807) is 0 Å². The summed E-state index contributed by atoms with van der Waals surface area (Å²) in [6.45, 7) is 0. The highest BCUT2D eigenvalue weighted by Crippen LogP contribution is 2.05. The molecule has 0 radical (unpaired) electrons. The zero-order chi connectivity index (χ0) is 8.23. The number of rotatable bonds is 2. The van der Waals surface area contributed by atoms with Gasteiger partial charge in [0.2, 0.25) is 0 Å². The van der Waals surface area contributed by atoms with Crippen LogP contribution in [0.2, 0.25) is 0 Å². The number of pyridine rings is 1. The first-order valence-electron chi connectivity index (χ1n) is 4.05. The third kappa shape index (κ3) is 1.59. The molecule has 1 aromatic heterocycles. The molecule has 60 valence electrons. The third-order valence-electron chi connectivity index (χ3n) is 1.83. The summed E-state index contributed by atoms with van der Waals surface area (Å²) in [4.78, 5) is 8.46. The van der Waals surface area contributed by atoms with Crippen LogP contribution in [0.3, 0.4) is 0 Å². The van der Waals surface area contributed by atoms with Crippen LogP contribution in [0.4, 0.5) is 0 Å². The number of hydrogen-bond acceptors (Lipinski definition) is 2. The SMILES string of the molecule is C1=CN=C(Cc2ccccn2)C1. The fourth-order valence-electron chi connectivity index (χ4n) is 1.23. The van der Waals surface area contributed by atoms with Gasteiger partial charge in [-0.25, -0.2) is 0 Å². The molecular weight excluding hydrogens is 148 g/mol. The quantitative estimate of drug-likeness (QED) is 0.646. The molecule has 0 fully saturated rings. The highest BCUT2D eigenvalue weighted by molar-refractivity contribution is 5.89. The van der Waals surface area contributed by atoms with Crippen LogP contribution in [0.5, 0.6) is 0 Å². The van der Waals surface area contributed by atoms with Crippen LogP contribution in [0, 0.1) is 0 Å². The number of nitrogens with zero attached hydrogens (tertiary/aromatic N) is 2. The van der Waals surface area contributed by atoms with E-state index in [0.717, 1.165) is 18.5 Å². The molecule has 0 atom stereocenters.